The summed E-state index contributed by atoms with van der Waals surface area (Å²) >= 11 is 0. The molecule has 1 atom stereocenters. The van der Waals surface area contributed by atoms with Gasteiger partial charge in [0.15, 0.2) is 0 Å². The quantitative estimate of drug-likeness (QED) is 0.607. The van der Waals surface area contributed by atoms with Gasteiger partial charge < -0.3 is 11.1 Å². The summed E-state index contributed by atoms with van der Waals surface area (Å²) in [5.74, 6) is -0.314. The van der Waals surface area contributed by atoms with E-state index >= 15 is 0 Å². The van der Waals surface area contributed by atoms with E-state index in [0.717, 1.165) is 11.3 Å². The van der Waals surface area contributed by atoms with Crippen LogP contribution in [0.25, 0.3) is 0 Å². The normalized spacial score (nSPS) is 19.8. The highest BCUT2D eigenvalue weighted by molar-refractivity contribution is 5.85. The molecule has 62 valence electrons. The predicted molar refractivity (Wildman–Crippen MR) is 44.5 cm³/mol. The Labute approximate surface area is 69.8 Å². The molecule has 0 saturated heterocycles. The number of hydrogen-bond acceptors (Lipinski definition) is 3. The Bertz CT molecular complexity index is 299. The molecular formula is C8H9N3O. The highest BCUT2D eigenvalue weighted by Gasteiger charge is 2.24. The van der Waals surface area contributed by atoms with Crippen LogP contribution >= 0.6 is 0 Å². The van der Waals surface area contributed by atoms with Gasteiger partial charge in [0.2, 0.25) is 5.91 Å². The lowest BCUT2D eigenvalue weighted by Gasteiger charge is -2.04. The first-order valence-electron chi connectivity index (χ1n) is 3.76. The number of fused-ring (bicyclic) bond motifs is 1. The first-order chi connectivity index (χ1) is 5.77. The number of anilines is 1. The number of aromatic nitrogens is 1. The standard InChI is InChI=1S/C8H9N3O/c9-8(12)7-3-5-4-10-2-1-6(5)11-7/h1-2,4,7,11H,3H2,(H2,9,12). The van der Waals surface area contributed by atoms with Gasteiger partial charge in [0.05, 0.1) is 0 Å². The summed E-state index contributed by atoms with van der Waals surface area (Å²) in [5.41, 5.74) is 7.18. The lowest BCUT2D eigenvalue weighted by atomic mass is 10.1. The third kappa shape index (κ3) is 1.01. The summed E-state index contributed by atoms with van der Waals surface area (Å²) < 4.78 is 0. The third-order valence-electron chi connectivity index (χ3n) is 2.00. The van der Waals surface area contributed by atoms with Crippen LogP contribution in [0.5, 0.6) is 0 Å². The topological polar surface area (TPSA) is 68.0 Å². The summed E-state index contributed by atoms with van der Waals surface area (Å²) in [4.78, 5) is 14.8. The van der Waals surface area contributed by atoms with Gasteiger partial charge in [-0.3, -0.25) is 9.78 Å². The molecule has 3 N–H and O–H groups in total. The van der Waals surface area contributed by atoms with E-state index in [1.54, 1.807) is 12.4 Å². The average Bonchev–Trinajstić information content (AvgIpc) is 2.46. The molecule has 1 amide bonds. The smallest absolute Gasteiger partial charge is 0.240 e. The summed E-state index contributed by atoms with van der Waals surface area (Å²) in [6.07, 6.45) is 4.10. The molecule has 1 aromatic rings. The van der Waals surface area contributed by atoms with Crippen LogP contribution in [-0.2, 0) is 11.2 Å². The molecule has 1 unspecified atom stereocenters. The Hall–Kier alpha value is -1.58. The third-order valence-corrected chi connectivity index (χ3v) is 2.00. The minimum atomic E-state index is -0.314. The number of rotatable bonds is 1. The van der Waals surface area contributed by atoms with Crippen LogP contribution < -0.4 is 11.1 Å². The number of primary amides is 1. The van der Waals surface area contributed by atoms with Crippen LogP contribution in [0.3, 0.4) is 0 Å². The van der Waals surface area contributed by atoms with Crippen molar-refractivity contribution >= 4 is 11.6 Å². The fourth-order valence-electron chi connectivity index (χ4n) is 1.36. The van der Waals surface area contributed by atoms with Crippen LogP contribution in [0.15, 0.2) is 18.5 Å². The van der Waals surface area contributed by atoms with Crippen molar-refractivity contribution in [1.82, 2.24) is 4.98 Å². The van der Waals surface area contributed by atoms with Gasteiger partial charge in [-0.2, -0.15) is 0 Å². The molecule has 4 heteroatoms. The first kappa shape index (κ1) is 7.09. The van der Waals surface area contributed by atoms with Crippen LogP contribution in [-0.4, -0.2) is 16.9 Å². The van der Waals surface area contributed by atoms with Crippen molar-refractivity contribution in [1.29, 1.82) is 0 Å². The number of carbonyl (C=O) groups excluding carboxylic acids is 1. The second-order valence-corrected chi connectivity index (χ2v) is 2.84. The van der Waals surface area contributed by atoms with E-state index in [0.29, 0.717) is 6.42 Å². The average molecular weight is 163 g/mol. The van der Waals surface area contributed by atoms with Crippen molar-refractivity contribution in [2.24, 2.45) is 5.73 Å². The molecule has 1 aliphatic heterocycles. The molecule has 12 heavy (non-hydrogen) atoms. The number of nitrogens with one attached hydrogen (secondary N) is 1. The molecule has 0 aromatic carbocycles. The molecule has 0 saturated carbocycles. The molecule has 0 spiro atoms. The summed E-state index contributed by atoms with van der Waals surface area (Å²) in [7, 11) is 0. The Morgan fingerprint density at radius 2 is 2.58 bits per heavy atom. The Balaban J connectivity index is 2.27. The van der Waals surface area contributed by atoms with Gasteiger partial charge in [0.1, 0.15) is 6.04 Å². The molecular weight excluding hydrogens is 154 g/mol. The molecule has 2 rings (SSSR count). The highest BCUT2D eigenvalue weighted by atomic mass is 16.1. The van der Waals surface area contributed by atoms with Gasteiger partial charge in [-0.05, 0) is 11.6 Å². The number of nitrogens with two attached hydrogens (primary N) is 1. The Morgan fingerprint density at radius 1 is 1.75 bits per heavy atom. The van der Waals surface area contributed by atoms with E-state index in [1.165, 1.54) is 0 Å². The van der Waals surface area contributed by atoms with Crippen LogP contribution in [0.4, 0.5) is 5.69 Å². The molecule has 1 aromatic heterocycles. The number of carbonyl (C=O) groups is 1. The summed E-state index contributed by atoms with van der Waals surface area (Å²) in [6.45, 7) is 0. The monoisotopic (exact) mass is 163 g/mol. The number of hydrogen-bond donors (Lipinski definition) is 2. The van der Waals surface area contributed by atoms with Crippen molar-refractivity contribution in [2.45, 2.75) is 12.5 Å². The van der Waals surface area contributed by atoms with E-state index in [-0.39, 0.29) is 11.9 Å². The summed E-state index contributed by atoms with van der Waals surface area (Å²) in [6, 6.07) is 1.59. The largest absolute Gasteiger partial charge is 0.373 e. The second-order valence-electron chi connectivity index (χ2n) is 2.84. The zero-order valence-electron chi connectivity index (χ0n) is 6.45. The van der Waals surface area contributed by atoms with E-state index in [2.05, 4.69) is 10.3 Å². The predicted octanol–water partition coefficient (Wildman–Crippen LogP) is -0.0965. The van der Waals surface area contributed by atoms with Crippen LogP contribution in [0, 0.1) is 0 Å². The number of pyridine rings is 1. The molecule has 2 heterocycles. The SMILES string of the molecule is NC(=O)C1Cc2cnccc2N1. The lowest BCUT2D eigenvalue weighted by Crippen LogP contribution is -2.33. The first-order valence-corrected chi connectivity index (χ1v) is 3.76. The number of nitrogens with zero attached hydrogens (tertiary/aromatic N) is 1. The maximum Gasteiger partial charge on any atom is 0.240 e. The van der Waals surface area contributed by atoms with Crippen LogP contribution in [0.2, 0.25) is 0 Å². The Morgan fingerprint density at radius 3 is 3.25 bits per heavy atom. The summed E-state index contributed by atoms with van der Waals surface area (Å²) in [5, 5.41) is 3.02. The minimum Gasteiger partial charge on any atom is -0.373 e. The van der Waals surface area contributed by atoms with Crippen LogP contribution in [0.1, 0.15) is 5.56 Å². The van der Waals surface area contributed by atoms with Crippen molar-refractivity contribution in [2.75, 3.05) is 5.32 Å². The van der Waals surface area contributed by atoms with E-state index < -0.39 is 0 Å². The van der Waals surface area contributed by atoms with Crippen molar-refractivity contribution in [3.63, 3.8) is 0 Å². The van der Waals surface area contributed by atoms with E-state index in [1.807, 2.05) is 6.07 Å². The van der Waals surface area contributed by atoms with Gasteiger partial charge in [-0.1, -0.05) is 0 Å². The zero-order valence-corrected chi connectivity index (χ0v) is 6.45. The maximum atomic E-state index is 10.8. The van der Waals surface area contributed by atoms with Crippen molar-refractivity contribution in [3.8, 4) is 0 Å². The van der Waals surface area contributed by atoms with Gasteiger partial charge in [-0.25, -0.2) is 0 Å². The van der Waals surface area contributed by atoms with Gasteiger partial charge in [0.25, 0.3) is 0 Å². The second kappa shape index (κ2) is 2.48. The lowest BCUT2D eigenvalue weighted by molar-refractivity contribution is -0.118. The van der Waals surface area contributed by atoms with Gasteiger partial charge in [-0.15, -0.1) is 0 Å². The highest BCUT2D eigenvalue weighted by Crippen LogP contribution is 2.23. The van der Waals surface area contributed by atoms with E-state index in [9.17, 15) is 4.79 Å². The molecule has 0 aliphatic carbocycles. The van der Waals surface area contributed by atoms with Crippen molar-refractivity contribution in [3.05, 3.63) is 24.0 Å². The van der Waals surface area contributed by atoms with Gasteiger partial charge in [0, 0.05) is 24.5 Å². The minimum absolute atomic E-state index is 0.260. The molecule has 0 fully saturated rings. The number of amides is 1. The van der Waals surface area contributed by atoms with Crippen molar-refractivity contribution < 1.29 is 4.79 Å². The molecule has 0 bridgehead atoms. The Kier molecular flexibility index (Phi) is 1.46. The van der Waals surface area contributed by atoms with Gasteiger partial charge >= 0.3 is 0 Å². The molecule has 0 radical (unpaired) electrons. The molecule has 4 nitrogen and oxygen atoms in total. The molecule has 1 aliphatic rings. The fraction of sp³-hybridized carbons (Fsp3) is 0.250. The fourth-order valence-corrected chi connectivity index (χ4v) is 1.36. The van der Waals surface area contributed by atoms with E-state index in [4.69, 9.17) is 5.73 Å². The maximum absolute atomic E-state index is 10.8. The zero-order chi connectivity index (χ0) is 8.55.